The van der Waals surface area contributed by atoms with Gasteiger partial charge in [0.25, 0.3) is 17.3 Å². The molecule has 1 N–H and O–H groups in total. The average molecular weight is 354 g/mol. The molecule has 0 unspecified atom stereocenters. The summed E-state index contributed by atoms with van der Waals surface area (Å²) in [5.74, 6) is -1.45. The Balaban J connectivity index is 2.48. The number of anilines is 1. The lowest BCUT2D eigenvalue weighted by Gasteiger charge is -2.09. The minimum absolute atomic E-state index is 0.0404. The first-order valence-corrected chi connectivity index (χ1v) is 6.78. The lowest BCUT2D eigenvalue weighted by atomic mass is 10.0. The Labute approximate surface area is 139 Å². The third-order valence-corrected chi connectivity index (χ3v) is 3.51. The van der Waals surface area contributed by atoms with Crippen LogP contribution in [0.2, 0.25) is 5.02 Å². The largest absolute Gasteiger partial charge is 0.321 e. The lowest BCUT2D eigenvalue weighted by molar-refractivity contribution is -0.394. The maximum Gasteiger partial charge on any atom is 0.279 e. The Morgan fingerprint density at radius 1 is 1.17 bits per heavy atom. The zero-order valence-corrected chi connectivity index (χ0v) is 12.8. The molecule has 2 aromatic rings. The van der Waals surface area contributed by atoms with Crippen molar-refractivity contribution in [3.05, 3.63) is 72.5 Å². The van der Waals surface area contributed by atoms with E-state index < -0.39 is 32.9 Å². The summed E-state index contributed by atoms with van der Waals surface area (Å²) in [6.07, 6.45) is 0. The third kappa shape index (κ3) is 3.46. The summed E-state index contributed by atoms with van der Waals surface area (Å²) in [6, 6.07) is 4.94. The third-order valence-electron chi connectivity index (χ3n) is 3.20. The monoisotopic (exact) mass is 353 g/mol. The van der Waals surface area contributed by atoms with Crippen LogP contribution in [0.5, 0.6) is 0 Å². The SMILES string of the molecule is Cc1c(C(=O)Nc2ccc(F)cc2Cl)cc([N+](=O)[O-])cc1[N+](=O)[O-]. The van der Waals surface area contributed by atoms with Crippen molar-refractivity contribution in [2.24, 2.45) is 0 Å². The van der Waals surface area contributed by atoms with Crippen LogP contribution in [0.25, 0.3) is 0 Å². The highest BCUT2D eigenvalue weighted by molar-refractivity contribution is 6.34. The highest BCUT2D eigenvalue weighted by Crippen LogP contribution is 2.29. The lowest BCUT2D eigenvalue weighted by Crippen LogP contribution is -2.15. The minimum Gasteiger partial charge on any atom is -0.321 e. The first kappa shape index (κ1) is 17.3. The van der Waals surface area contributed by atoms with Gasteiger partial charge in [0.05, 0.1) is 32.2 Å². The van der Waals surface area contributed by atoms with Crippen LogP contribution in [0.1, 0.15) is 15.9 Å². The van der Waals surface area contributed by atoms with Gasteiger partial charge < -0.3 is 5.32 Å². The number of nitrogens with zero attached hydrogens (tertiary/aromatic N) is 2. The number of halogens is 2. The van der Waals surface area contributed by atoms with E-state index in [4.69, 9.17) is 11.6 Å². The quantitative estimate of drug-likeness (QED) is 0.661. The second-order valence-corrected chi connectivity index (χ2v) is 5.14. The first-order valence-electron chi connectivity index (χ1n) is 6.40. The van der Waals surface area contributed by atoms with Gasteiger partial charge in [0.2, 0.25) is 0 Å². The summed E-state index contributed by atoms with van der Waals surface area (Å²) < 4.78 is 13.0. The van der Waals surface area contributed by atoms with E-state index in [-0.39, 0.29) is 21.8 Å². The van der Waals surface area contributed by atoms with Gasteiger partial charge in [-0.2, -0.15) is 0 Å². The first-order chi connectivity index (χ1) is 11.2. The highest BCUT2D eigenvalue weighted by atomic mass is 35.5. The molecule has 0 bridgehead atoms. The normalized spacial score (nSPS) is 10.3. The van der Waals surface area contributed by atoms with Crippen LogP contribution >= 0.6 is 11.6 Å². The molecule has 1 amide bonds. The van der Waals surface area contributed by atoms with Crippen molar-refractivity contribution in [1.82, 2.24) is 0 Å². The smallest absolute Gasteiger partial charge is 0.279 e. The van der Waals surface area contributed by atoms with Crippen molar-refractivity contribution >= 4 is 34.6 Å². The van der Waals surface area contributed by atoms with Gasteiger partial charge in [-0.1, -0.05) is 11.6 Å². The molecule has 24 heavy (non-hydrogen) atoms. The molecule has 0 heterocycles. The van der Waals surface area contributed by atoms with Crippen molar-refractivity contribution in [2.75, 3.05) is 5.32 Å². The van der Waals surface area contributed by atoms with Gasteiger partial charge in [-0.05, 0) is 25.1 Å². The van der Waals surface area contributed by atoms with Gasteiger partial charge in [0.1, 0.15) is 5.82 Å². The van der Waals surface area contributed by atoms with Crippen molar-refractivity contribution < 1.29 is 19.0 Å². The maximum absolute atomic E-state index is 13.0. The summed E-state index contributed by atoms with van der Waals surface area (Å²) >= 11 is 5.79. The number of non-ortho nitro benzene ring substituents is 1. The van der Waals surface area contributed by atoms with Crippen LogP contribution in [0.15, 0.2) is 30.3 Å². The van der Waals surface area contributed by atoms with Crippen molar-refractivity contribution in [1.29, 1.82) is 0 Å². The van der Waals surface area contributed by atoms with Crippen LogP contribution < -0.4 is 5.32 Å². The molecule has 2 aromatic carbocycles. The number of nitro benzene ring substituents is 2. The number of amides is 1. The number of hydrogen-bond acceptors (Lipinski definition) is 5. The van der Waals surface area contributed by atoms with Gasteiger partial charge in [-0.25, -0.2) is 4.39 Å². The molecule has 0 aliphatic carbocycles. The fraction of sp³-hybridized carbons (Fsp3) is 0.0714. The summed E-state index contributed by atoms with van der Waals surface area (Å²) in [5, 5.41) is 24.2. The van der Waals surface area contributed by atoms with E-state index in [1.165, 1.54) is 13.0 Å². The van der Waals surface area contributed by atoms with Gasteiger partial charge in [-0.3, -0.25) is 25.0 Å². The Morgan fingerprint density at radius 2 is 1.83 bits per heavy atom. The maximum atomic E-state index is 13.0. The van der Waals surface area contributed by atoms with Crippen molar-refractivity contribution in [3.63, 3.8) is 0 Å². The summed E-state index contributed by atoms with van der Waals surface area (Å²) in [4.78, 5) is 32.6. The molecule has 0 atom stereocenters. The number of benzene rings is 2. The predicted molar refractivity (Wildman–Crippen MR) is 83.9 cm³/mol. The summed E-state index contributed by atoms with van der Waals surface area (Å²) in [6.45, 7) is 1.29. The van der Waals surface area contributed by atoms with Gasteiger partial charge in [-0.15, -0.1) is 0 Å². The fourth-order valence-electron chi connectivity index (χ4n) is 2.00. The molecule has 0 spiro atoms. The Kier molecular flexibility index (Phi) is 4.74. The van der Waals surface area contributed by atoms with Crippen LogP contribution in [-0.4, -0.2) is 15.8 Å². The molecule has 0 radical (unpaired) electrons. The number of nitro groups is 2. The zero-order valence-electron chi connectivity index (χ0n) is 12.1. The standard InChI is InChI=1S/C14H9ClFN3O5/c1-7-10(5-9(18(21)22)6-13(7)19(23)24)14(20)17-12-3-2-8(16)4-11(12)15/h2-6H,1H3,(H,17,20). The van der Waals surface area contributed by atoms with Gasteiger partial charge >= 0.3 is 0 Å². The topological polar surface area (TPSA) is 115 Å². The van der Waals surface area contributed by atoms with E-state index in [9.17, 15) is 29.4 Å². The van der Waals surface area contributed by atoms with Gasteiger partial charge in [0, 0.05) is 11.6 Å². The number of nitrogens with one attached hydrogen (secondary N) is 1. The van der Waals surface area contributed by atoms with E-state index >= 15 is 0 Å². The van der Waals surface area contributed by atoms with E-state index in [0.717, 1.165) is 24.3 Å². The Bertz CT molecular complexity index is 872. The molecule has 124 valence electrons. The molecule has 0 saturated heterocycles. The van der Waals surface area contributed by atoms with Crippen LogP contribution in [-0.2, 0) is 0 Å². The van der Waals surface area contributed by atoms with E-state index in [2.05, 4.69) is 5.32 Å². The molecule has 8 nitrogen and oxygen atoms in total. The number of rotatable bonds is 4. The second-order valence-electron chi connectivity index (χ2n) is 4.73. The van der Waals surface area contributed by atoms with E-state index in [0.29, 0.717) is 0 Å². The molecule has 0 aliphatic heterocycles. The van der Waals surface area contributed by atoms with Crippen molar-refractivity contribution in [2.45, 2.75) is 6.92 Å². The summed E-state index contributed by atoms with van der Waals surface area (Å²) in [5.41, 5.74) is -1.38. The van der Waals surface area contributed by atoms with Crippen molar-refractivity contribution in [3.8, 4) is 0 Å². The Hall–Kier alpha value is -3.07. The van der Waals surface area contributed by atoms with Crippen LogP contribution in [0.4, 0.5) is 21.5 Å². The zero-order chi connectivity index (χ0) is 18.0. The summed E-state index contributed by atoms with van der Waals surface area (Å²) in [7, 11) is 0. The molecular weight excluding hydrogens is 345 g/mol. The molecule has 0 aromatic heterocycles. The van der Waals surface area contributed by atoms with E-state index in [1.54, 1.807) is 0 Å². The molecule has 2 rings (SSSR count). The highest BCUT2D eigenvalue weighted by Gasteiger charge is 2.25. The van der Waals surface area contributed by atoms with E-state index in [1.807, 2.05) is 0 Å². The number of hydrogen-bond donors (Lipinski definition) is 1. The average Bonchev–Trinajstić information content (AvgIpc) is 2.49. The number of carbonyl (C=O) groups is 1. The van der Waals surface area contributed by atoms with Crippen LogP contribution in [0, 0.1) is 33.0 Å². The predicted octanol–water partition coefficient (Wildman–Crippen LogP) is 3.86. The minimum atomic E-state index is -0.840. The molecule has 0 aliphatic rings. The van der Waals surface area contributed by atoms with Gasteiger partial charge in [0.15, 0.2) is 0 Å². The number of carbonyl (C=O) groups excluding carboxylic acids is 1. The Morgan fingerprint density at radius 3 is 2.38 bits per heavy atom. The van der Waals surface area contributed by atoms with Crippen LogP contribution in [0.3, 0.4) is 0 Å². The second kappa shape index (κ2) is 6.59. The fourth-order valence-corrected chi connectivity index (χ4v) is 2.21. The molecule has 0 saturated carbocycles. The molecule has 10 heteroatoms. The molecular formula is C14H9ClFN3O5. The molecule has 0 fully saturated rings.